The van der Waals surface area contributed by atoms with Gasteiger partial charge in [0, 0.05) is 13.6 Å². The fourth-order valence-corrected chi connectivity index (χ4v) is 3.24. The summed E-state index contributed by atoms with van der Waals surface area (Å²) >= 11 is 11.3. The molecule has 2 N–H and O–H groups in total. The highest BCUT2D eigenvalue weighted by Gasteiger charge is 2.10. The monoisotopic (exact) mass is 330 g/mol. The lowest BCUT2D eigenvalue weighted by Gasteiger charge is -2.21. The molecule has 90 valence electrons. The van der Waals surface area contributed by atoms with Gasteiger partial charge in [0.15, 0.2) is 0 Å². The van der Waals surface area contributed by atoms with Crippen molar-refractivity contribution in [2.45, 2.75) is 6.54 Å². The average molecular weight is 332 g/mol. The highest BCUT2D eigenvalue weighted by Crippen LogP contribution is 2.32. The van der Waals surface area contributed by atoms with E-state index in [2.05, 4.69) is 32.3 Å². The zero-order chi connectivity index (χ0) is 12.4. The molecule has 17 heavy (non-hydrogen) atoms. The Morgan fingerprint density at radius 1 is 1.47 bits per heavy atom. The van der Waals surface area contributed by atoms with Crippen LogP contribution in [-0.2, 0) is 6.54 Å². The maximum absolute atomic E-state index is 6.17. The van der Waals surface area contributed by atoms with Gasteiger partial charge in [-0.05, 0) is 45.1 Å². The van der Waals surface area contributed by atoms with Crippen LogP contribution in [0.2, 0.25) is 5.02 Å². The number of nitrogens with two attached hydrogens (primary N) is 1. The van der Waals surface area contributed by atoms with Gasteiger partial charge in [-0.2, -0.15) is 0 Å². The van der Waals surface area contributed by atoms with Crippen LogP contribution in [0.5, 0.6) is 0 Å². The van der Waals surface area contributed by atoms with Gasteiger partial charge in [0.05, 0.1) is 20.2 Å². The fourth-order valence-electron chi connectivity index (χ4n) is 1.72. The van der Waals surface area contributed by atoms with E-state index in [1.54, 1.807) is 11.3 Å². The van der Waals surface area contributed by atoms with E-state index in [0.717, 1.165) is 16.0 Å². The van der Waals surface area contributed by atoms with E-state index < -0.39 is 0 Å². The molecule has 5 heteroatoms. The van der Waals surface area contributed by atoms with Crippen LogP contribution < -0.4 is 10.6 Å². The Balaban J connectivity index is 2.22. The standard InChI is InChI=1S/C12H12BrClN2S/c1-16(6-8-5-11(13)17-7-8)12-9(14)3-2-4-10(12)15/h2-5,7H,6,15H2,1H3. The average Bonchev–Trinajstić information content (AvgIpc) is 2.63. The van der Waals surface area contributed by atoms with Crippen molar-refractivity contribution in [3.8, 4) is 0 Å². The fraction of sp³-hybridized carbons (Fsp3) is 0.167. The third kappa shape index (κ3) is 2.94. The third-order valence-corrected chi connectivity index (χ3v) is 4.30. The van der Waals surface area contributed by atoms with E-state index in [9.17, 15) is 0 Å². The largest absolute Gasteiger partial charge is 0.397 e. The molecule has 0 amide bonds. The van der Waals surface area contributed by atoms with Crippen LogP contribution >= 0.6 is 38.9 Å². The summed E-state index contributed by atoms with van der Waals surface area (Å²) in [7, 11) is 1.99. The van der Waals surface area contributed by atoms with Gasteiger partial charge < -0.3 is 10.6 Å². The topological polar surface area (TPSA) is 29.3 Å². The predicted molar refractivity (Wildman–Crippen MR) is 80.0 cm³/mol. The molecule has 0 atom stereocenters. The number of para-hydroxylation sites is 1. The third-order valence-electron chi connectivity index (χ3n) is 2.44. The highest BCUT2D eigenvalue weighted by atomic mass is 79.9. The molecule has 1 aromatic carbocycles. The first-order valence-electron chi connectivity index (χ1n) is 5.06. The molecule has 2 nitrogen and oxygen atoms in total. The summed E-state index contributed by atoms with van der Waals surface area (Å²) in [5.74, 6) is 0. The summed E-state index contributed by atoms with van der Waals surface area (Å²) in [5.41, 5.74) is 8.78. The van der Waals surface area contributed by atoms with Crippen LogP contribution in [0.1, 0.15) is 5.56 Å². The number of benzene rings is 1. The lowest BCUT2D eigenvalue weighted by atomic mass is 10.2. The van der Waals surface area contributed by atoms with Gasteiger partial charge in [0.2, 0.25) is 0 Å². The lowest BCUT2D eigenvalue weighted by Crippen LogP contribution is -2.17. The van der Waals surface area contributed by atoms with Gasteiger partial charge in [-0.15, -0.1) is 11.3 Å². The van der Waals surface area contributed by atoms with Crippen molar-refractivity contribution in [2.75, 3.05) is 17.7 Å². The minimum absolute atomic E-state index is 0.682. The number of hydrogen-bond acceptors (Lipinski definition) is 3. The number of hydrogen-bond donors (Lipinski definition) is 1. The van der Waals surface area contributed by atoms with Crippen LogP contribution in [-0.4, -0.2) is 7.05 Å². The van der Waals surface area contributed by atoms with Crippen molar-refractivity contribution in [1.29, 1.82) is 0 Å². The summed E-state index contributed by atoms with van der Waals surface area (Å²) in [6.07, 6.45) is 0. The Labute approximate surface area is 118 Å². The van der Waals surface area contributed by atoms with Crippen molar-refractivity contribution in [1.82, 2.24) is 0 Å². The number of anilines is 2. The molecule has 2 rings (SSSR count). The Bertz CT molecular complexity index is 507. The minimum Gasteiger partial charge on any atom is -0.397 e. The van der Waals surface area contributed by atoms with Gasteiger partial charge >= 0.3 is 0 Å². The summed E-state index contributed by atoms with van der Waals surface area (Å²) in [6, 6.07) is 7.68. The molecule has 0 unspecified atom stereocenters. The molecule has 0 aliphatic carbocycles. The van der Waals surface area contributed by atoms with Gasteiger partial charge in [-0.25, -0.2) is 0 Å². The first-order valence-corrected chi connectivity index (χ1v) is 7.11. The van der Waals surface area contributed by atoms with Gasteiger partial charge in [0.25, 0.3) is 0 Å². The number of nitrogens with zero attached hydrogens (tertiary/aromatic N) is 1. The van der Waals surface area contributed by atoms with Crippen molar-refractivity contribution in [3.63, 3.8) is 0 Å². The number of thiophene rings is 1. The Hall–Kier alpha value is -0.710. The zero-order valence-corrected chi connectivity index (χ0v) is 12.4. The second kappa shape index (κ2) is 5.29. The first kappa shape index (κ1) is 12.7. The summed E-state index contributed by atoms with van der Waals surface area (Å²) in [4.78, 5) is 2.06. The van der Waals surface area contributed by atoms with Gasteiger partial charge in [-0.3, -0.25) is 0 Å². The molecular weight excluding hydrogens is 320 g/mol. The molecule has 0 radical (unpaired) electrons. The minimum atomic E-state index is 0.682. The van der Waals surface area contributed by atoms with E-state index in [1.807, 2.05) is 25.2 Å². The molecule has 1 heterocycles. The maximum Gasteiger partial charge on any atom is 0.0789 e. The Morgan fingerprint density at radius 3 is 2.82 bits per heavy atom. The van der Waals surface area contributed by atoms with Gasteiger partial charge in [0.1, 0.15) is 0 Å². The summed E-state index contributed by atoms with van der Waals surface area (Å²) in [6.45, 7) is 0.788. The highest BCUT2D eigenvalue weighted by molar-refractivity contribution is 9.11. The van der Waals surface area contributed by atoms with E-state index in [1.165, 1.54) is 5.56 Å². The summed E-state index contributed by atoms with van der Waals surface area (Å²) < 4.78 is 1.13. The van der Waals surface area contributed by atoms with E-state index in [4.69, 9.17) is 17.3 Å². The molecule has 0 fully saturated rings. The van der Waals surface area contributed by atoms with Crippen molar-refractivity contribution >= 4 is 50.2 Å². The lowest BCUT2D eigenvalue weighted by molar-refractivity contribution is 0.929. The quantitative estimate of drug-likeness (QED) is 0.846. The van der Waals surface area contributed by atoms with Crippen LogP contribution in [0.25, 0.3) is 0 Å². The zero-order valence-electron chi connectivity index (χ0n) is 9.28. The second-order valence-electron chi connectivity index (χ2n) is 3.79. The Morgan fingerprint density at radius 2 is 2.24 bits per heavy atom. The van der Waals surface area contributed by atoms with Crippen LogP contribution in [0.4, 0.5) is 11.4 Å². The molecular formula is C12H12BrClN2S. The number of nitrogen functional groups attached to an aromatic ring is 1. The molecule has 0 saturated carbocycles. The van der Waals surface area contributed by atoms with E-state index >= 15 is 0 Å². The molecule has 0 aliphatic heterocycles. The molecule has 0 aliphatic rings. The SMILES string of the molecule is CN(Cc1csc(Br)c1)c1c(N)cccc1Cl. The van der Waals surface area contributed by atoms with E-state index in [0.29, 0.717) is 10.7 Å². The normalized spacial score (nSPS) is 10.5. The predicted octanol–water partition coefficient (Wildman–Crippen LogP) is 4.38. The molecule has 1 aromatic heterocycles. The number of halogens is 2. The van der Waals surface area contributed by atoms with Crippen molar-refractivity contribution in [3.05, 3.63) is 44.0 Å². The van der Waals surface area contributed by atoms with Crippen molar-refractivity contribution in [2.24, 2.45) is 0 Å². The van der Waals surface area contributed by atoms with Crippen molar-refractivity contribution < 1.29 is 0 Å². The molecule has 0 spiro atoms. The van der Waals surface area contributed by atoms with E-state index in [-0.39, 0.29) is 0 Å². The maximum atomic E-state index is 6.17. The van der Waals surface area contributed by atoms with Crippen LogP contribution in [0.15, 0.2) is 33.4 Å². The number of rotatable bonds is 3. The van der Waals surface area contributed by atoms with Crippen LogP contribution in [0.3, 0.4) is 0 Å². The summed E-state index contributed by atoms with van der Waals surface area (Å²) in [5, 5.41) is 2.80. The molecule has 0 bridgehead atoms. The van der Waals surface area contributed by atoms with Gasteiger partial charge in [-0.1, -0.05) is 17.7 Å². The Kier molecular flexibility index (Phi) is 3.97. The second-order valence-corrected chi connectivity index (χ2v) is 6.49. The first-order chi connectivity index (χ1) is 8.08. The molecule has 2 aromatic rings. The van der Waals surface area contributed by atoms with Crippen LogP contribution in [0, 0.1) is 0 Å². The smallest absolute Gasteiger partial charge is 0.0789 e. The molecule has 0 saturated heterocycles.